The molecule has 11 heavy (non-hydrogen) atoms. The highest BCUT2D eigenvalue weighted by molar-refractivity contribution is 5.90. The maximum atomic E-state index is 10.9. The molecule has 2 nitrogen and oxygen atoms in total. The van der Waals surface area contributed by atoms with Crippen LogP contribution in [0.25, 0.3) is 0 Å². The van der Waals surface area contributed by atoms with E-state index in [0.717, 1.165) is 12.8 Å². The number of ether oxygens (including phenoxy) is 1. The van der Waals surface area contributed by atoms with Crippen LogP contribution in [-0.4, -0.2) is 19.0 Å². The van der Waals surface area contributed by atoms with Crippen LogP contribution in [0.4, 0.5) is 0 Å². The Balaban J connectivity index is 3.30. The number of carbonyl (C=O) groups excluding carboxylic acids is 1. The minimum absolute atomic E-state index is 0.0558. The summed E-state index contributed by atoms with van der Waals surface area (Å²) in [5, 5.41) is 0. The van der Waals surface area contributed by atoms with E-state index in [-0.39, 0.29) is 12.4 Å². The van der Waals surface area contributed by atoms with Crippen LogP contribution in [0.2, 0.25) is 0 Å². The molecule has 0 bridgehead atoms. The van der Waals surface area contributed by atoms with E-state index < -0.39 is 0 Å². The van der Waals surface area contributed by atoms with Crippen LogP contribution >= 0.6 is 0 Å². The number of rotatable bonds is 6. The maximum Gasteiger partial charge on any atom is 0.180 e. The van der Waals surface area contributed by atoms with Gasteiger partial charge in [0.25, 0.3) is 0 Å². The molecule has 0 aliphatic rings. The Hall–Kier alpha value is -0.630. The Morgan fingerprint density at radius 1 is 1.45 bits per heavy atom. The predicted octanol–water partition coefficient (Wildman–Crippen LogP) is 1.95. The molecule has 0 radical (unpaired) electrons. The summed E-state index contributed by atoms with van der Waals surface area (Å²) in [6.07, 6.45) is 5.29. The van der Waals surface area contributed by atoms with Crippen LogP contribution in [0.3, 0.4) is 0 Å². The van der Waals surface area contributed by atoms with Gasteiger partial charge < -0.3 is 4.74 Å². The van der Waals surface area contributed by atoms with Gasteiger partial charge in [0.1, 0.15) is 6.61 Å². The Morgan fingerprint density at radius 3 is 2.73 bits per heavy atom. The lowest BCUT2D eigenvalue weighted by molar-refractivity contribution is -0.118. The van der Waals surface area contributed by atoms with Gasteiger partial charge in [0.15, 0.2) is 5.78 Å². The first-order valence-corrected chi connectivity index (χ1v) is 4.08. The van der Waals surface area contributed by atoms with E-state index in [1.54, 1.807) is 6.08 Å². The number of hydrogen-bond donors (Lipinski definition) is 0. The Morgan fingerprint density at radius 2 is 2.18 bits per heavy atom. The van der Waals surface area contributed by atoms with Crippen molar-refractivity contribution < 1.29 is 9.53 Å². The zero-order valence-electron chi connectivity index (χ0n) is 7.30. The molecule has 64 valence electrons. The molecule has 0 aromatic carbocycles. The number of carbonyl (C=O) groups is 1. The standard InChI is InChI=1S/C9H16O2/c1-3-5-6-9(10)8-11-7-4-2/h5-6H,3-4,7-8H2,1-2H3/b6-5+. The van der Waals surface area contributed by atoms with Crippen molar-refractivity contribution in [2.45, 2.75) is 26.7 Å². The molecule has 0 saturated heterocycles. The van der Waals surface area contributed by atoms with E-state index >= 15 is 0 Å². The van der Waals surface area contributed by atoms with E-state index in [1.165, 1.54) is 0 Å². The lowest BCUT2D eigenvalue weighted by Crippen LogP contribution is -2.05. The minimum atomic E-state index is 0.0558. The third-order valence-corrected chi connectivity index (χ3v) is 1.13. The summed E-state index contributed by atoms with van der Waals surface area (Å²) < 4.78 is 5.04. The molecule has 0 aliphatic carbocycles. The minimum Gasteiger partial charge on any atom is -0.373 e. The van der Waals surface area contributed by atoms with Gasteiger partial charge in [0, 0.05) is 6.61 Å². The fraction of sp³-hybridized carbons (Fsp3) is 0.667. The van der Waals surface area contributed by atoms with Crippen molar-refractivity contribution >= 4 is 5.78 Å². The zero-order valence-corrected chi connectivity index (χ0v) is 7.30. The van der Waals surface area contributed by atoms with Crippen LogP contribution in [0.5, 0.6) is 0 Å². The second kappa shape index (κ2) is 7.48. The summed E-state index contributed by atoms with van der Waals surface area (Å²) in [7, 11) is 0. The normalized spacial score (nSPS) is 10.7. The molecule has 0 N–H and O–H groups in total. The van der Waals surface area contributed by atoms with Crippen molar-refractivity contribution in [3.8, 4) is 0 Å². The highest BCUT2D eigenvalue weighted by atomic mass is 16.5. The topological polar surface area (TPSA) is 26.3 Å². The van der Waals surface area contributed by atoms with Crippen molar-refractivity contribution in [1.29, 1.82) is 0 Å². The first kappa shape index (κ1) is 10.4. The maximum absolute atomic E-state index is 10.9. The van der Waals surface area contributed by atoms with Crippen LogP contribution in [0, 0.1) is 0 Å². The monoisotopic (exact) mass is 156 g/mol. The van der Waals surface area contributed by atoms with Gasteiger partial charge in [-0.15, -0.1) is 0 Å². The molecule has 0 aromatic rings. The van der Waals surface area contributed by atoms with E-state index in [2.05, 4.69) is 0 Å². The van der Waals surface area contributed by atoms with Crippen molar-refractivity contribution in [2.75, 3.05) is 13.2 Å². The average molecular weight is 156 g/mol. The molecule has 0 heterocycles. The SMILES string of the molecule is CC/C=C/C(=O)COCCC. The summed E-state index contributed by atoms with van der Waals surface area (Å²) in [5.41, 5.74) is 0. The van der Waals surface area contributed by atoms with Gasteiger partial charge in [-0.2, -0.15) is 0 Å². The van der Waals surface area contributed by atoms with E-state index in [9.17, 15) is 4.79 Å². The quantitative estimate of drug-likeness (QED) is 0.434. The van der Waals surface area contributed by atoms with Crippen molar-refractivity contribution in [2.24, 2.45) is 0 Å². The Bertz CT molecular complexity index is 128. The second-order valence-electron chi connectivity index (χ2n) is 2.33. The lowest BCUT2D eigenvalue weighted by atomic mass is 10.3. The van der Waals surface area contributed by atoms with Gasteiger partial charge >= 0.3 is 0 Å². The fourth-order valence-electron chi connectivity index (χ4n) is 0.615. The van der Waals surface area contributed by atoms with Gasteiger partial charge in [-0.05, 0) is 18.9 Å². The molecule has 0 rings (SSSR count). The van der Waals surface area contributed by atoms with Crippen LogP contribution in [0.15, 0.2) is 12.2 Å². The van der Waals surface area contributed by atoms with E-state index in [0.29, 0.717) is 6.61 Å². The Kier molecular flexibility index (Phi) is 7.05. The second-order valence-corrected chi connectivity index (χ2v) is 2.33. The van der Waals surface area contributed by atoms with Crippen molar-refractivity contribution in [3.05, 3.63) is 12.2 Å². The van der Waals surface area contributed by atoms with Gasteiger partial charge in [-0.3, -0.25) is 4.79 Å². The third kappa shape index (κ3) is 7.26. The van der Waals surface area contributed by atoms with Gasteiger partial charge in [0.05, 0.1) is 0 Å². The molecule has 0 unspecified atom stereocenters. The highest BCUT2D eigenvalue weighted by Gasteiger charge is 1.93. The molecular weight excluding hydrogens is 140 g/mol. The first-order valence-electron chi connectivity index (χ1n) is 4.08. The molecule has 0 aliphatic heterocycles. The first-order chi connectivity index (χ1) is 5.31. The average Bonchev–Trinajstić information content (AvgIpc) is 2.01. The number of allylic oxidation sites excluding steroid dienone is 1. The number of ketones is 1. The van der Waals surface area contributed by atoms with E-state index in [4.69, 9.17) is 4.74 Å². The summed E-state index contributed by atoms with van der Waals surface area (Å²) in [6.45, 7) is 4.92. The van der Waals surface area contributed by atoms with Crippen LogP contribution in [-0.2, 0) is 9.53 Å². The Labute approximate surface area is 68.2 Å². The molecule has 0 amide bonds. The third-order valence-electron chi connectivity index (χ3n) is 1.13. The van der Waals surface area contributed by atoms with Crippen molar-refractivity contribution in [3.63, 3.8) is 0 Å². The molecular formula is C9H16O2. The summed E-state index contributed by atoms with van der Waals surface area (Å²) in [5.74, 6) is 0.0558. The van der Waals surface area contributed by atoms with Gasteiger partial charge in [0.2, 0.25) is 0 Å². The van der Waals surface area contributed by atoms with Gasteiger partial charge in [-0.1, -0.05) is 19.9 Å². The smallest absolute Gasteiger partial charge is 0.180 e. The fourth-order valence-corrected chi connectivity index (χ4v) is 0.615. The van der Waals surface area contributed by atoms with Gasteiger partial charge in [-0.25, -0.2) is 0 Å². The largest absolute Gasteiger partial charge is 0.373 e. The molecule has 0 aromatic heterocycles. The van der Waals surface area contributed by atoms with Crippen LogP contribution < -0.4 is 0 Å². The lowest BCUT2D eigenvalue weighted by Gasteiger charge is -1.96. The number of hydrogen-bond acceptors (Lipinski definition) is 2. The van der Waals surface area contributed by atoms with Crippen molar-refractivity contribution in [1.82, 2.24) is 0 Å². The van der Waals surface area contributed by atoms with E-state index in [1.807, 2.05) is 19.9 Å². The molecule has 2 heteroatoms. The predicted molar refractivity (Wildman–Crippen MR) is 45.5 cm³/mol. The summed E-state index contributed by atoms with van der Waals surface area (Å²) in [6, 6.07) is 0. The van der Waals surface area contributed by atoms with Crippen LogP contribution in [0.1, 0.15) is 26.7 Å². The molecule has 0 atom stereocenters. The summed E-state index contributed by atoms with van der Waals surface area (Å²) in [4.78, 5) is 10.9. The molecule has 0 fully saturated rings. The molecule has 0 spiro atoms. The summed E-state index contributed by atoms with van der Waals surface area (Å²) >= 11 is 0. The molecule has 0 saturated carbocycles. The zero-order chi connectivity index (χ0) is 8.53. The highest BCUT2D eigenvalue weighted by Crippen LogP contribution is 1.85.